The number of phosphoric acid groups is 1. The first-order valence-corrected chi connectivity index (χ1v) is 18.3. The molecule has 0 spiro atoms. The Morgan fingerprint density at radius 3 is 2.53 bits per heavy atom. The molecule has 0 aliphatic carbocycles. The average Bonchev–Trinajstić information content (AvgIpc) is 3.75. The van der Waals surface area contributed by atoms with Crippen LogP contribution in [0.3, 0.4) is 0 Å². The Balaban J connectivity index is 1.39. The van der Waals surface area contributed by atoms with Crippen LogP contribution in [0.5, 0.6) is 0 Å². The van der Waals surface area contributed by atoms with Gasteiger partial charge in [-0.15, -0.1) is 0 Å². The molecule has 0 saturated carbocycles. The highest BCUT2D eigenvalue weighted by atomic mass is 31.2. The molecule has 0 bridgehead atoms. The van der Waals surface area contributed by atoms with Gasteiger partial charge in [-0.05, 0) is 6.07 Å². The van der Waals surface area contributed by atoms with E-state index in [-0.39, 0.29) is 49.1 Å². The van der Waals surface area contributed by atoms with E-state index in [0.29, 0.717) is 6.61 Å². The number of aliphatic hydroxyl groups is 1. The van der Waals surface area contributed by atoms with E-state index in [0.717, 1.165) is 4.57 Å². The van der Waals surface area contributed by atoms with Crippen LogP contribution in [0.15, 0.2) is 28.2 Å². The van der Waals surface area contributed by atoms with Crippen molar-refractivity contribution in [2.24, 2.45) is 0 Å². The number of H-pyrrole nitrogens is 1. The SMILES string of the molecule is COCCOCCN[P@@](=O)(OC[C@@H]1C[C@@H](O)[C@H](n2ccc(N)nc2=O)O1)O[C@H]1[C@@H](OC)[C@H](n2cnc3c(=O)[nH]c(N)nc32)O[C@@H]1COP(=O)(O)O. The topological polar surface area (TPSA) is 331 Å². The Kier molecular flexibility index (Phi) is 12.7. The van der Waals surface area contributed by atoms with E-state index in [9.17, 15) is 33.6 Å². The van der Waals surface area contributed by atoms with Crippen molar-refractivity contribution in [3.8, 4) is 0 Å². The zero-order chi connectivity index (χ0) is 36.9. The molecule has 2 fully saturated rings. The third-order valence-electron chi connectivity index (χ3n) is 7.66. The van der Waals surface area contributed by atoms with Gasteiger partial charge in [0.1, 0.15) is 30.2 Å². The van der Waals surface area contributed by atoms with Gasteiger partial charge in [-0.3, -0.25) is 32.5 Å². The largest absolute Gasteiger partial charge is 0.469 e. The zero-order valence-corrected chi connectivity index (χ0v) is 29.0. The molecule has 2 saturated heterocycles. The number of nitrogens with two attached hydrogens (primary N) is 2. The smallest absolute Gasteiger partial charge is 0.388 e. The van der Waals surface area contributed by atoms with Gasteiger partial charge < -0.3 is 50.0 Å². The zero-order valence-electron chi connectivity index (χ0n) is 27.2. The van der Waals surface area contributed by atoms with Crippen molar-refractivity contribution in [2.75, 3.05) is 65.3 Å². The predicted octanol–water partition coefficient (Wildman–Crippen LogP) is -2.03. The van der Waals surface area contributed by atoms with Crippen LogP contribution in [0.25, 0.3) is 11.2 Å². The van der Waals surface area contributed by atoms with Gasteiger partial charge in [0.25, 0.3) is 5.56 Å². The summed E-state index contributed by atoms with van der Waals surface area (Å²) in [5.41, 5.74) is 9.77. The summed E-state index contributed by atoms with van der Waals surface area (Å²) in [4.78, 5) is 57.8. The van der Waals surface area contributed by atoms with Crippen LogP contribution in [-0.2, 0) is 46.4 Å². The number of ether oxygens (including phenoxy) is 5. The molecule has 0 unspecified atom stereocenters. The molecule has 9 N–H and O–H groups in total. The first-order valence-electron chi connectivity index (χ1n) is 15.3. The molecule has 284 valence electrons. The minimum atomic E-state index is -5.05. The Bertz CT molecular complexity index is 1850. The highest BCUT2D eigenvalue weighted by molar-refractivity contribution is 7.51. The maximum Gasteiger partial charge on any atom is 0.469 e. The summed E-state index contributed by atoms with van der Waals surface area (Å²) in [5, 5.41) is 13.3. The lowest BCUT2D eigenvalue weighted by atomic mass is 10.1. The van der Waals surface area contributed by atoms with Crippen LogP contribution < -0.4 is 27.8 Å². The van der Waals surface area contributed by atoms with E-state index in [2.05, 4.69) is 25.0 Å². The van der Waals surface area contributed by atoms with Crippen LogP contribution in [-0.4, -0.2) is 128 Å². The molecule has 26 heteroatoms. The Morgan fingerprint density at radius 2 is 1.82 bits per heavy atom. The van der Waals surface area contributed by atoms with Crippen molar-refractivity contribution in [3.63, 3.8) is 0 Å². The number of nitrogens with zero attached hydrogens (tertiary/aromatic N) is 5. The molecule has 0 amide bonds. The fraction of sp³-hybridized carbons (Fsp3) is 0.640. The molecule has 3 aromatic heterocycles. The molecule has 2 aliphatic heterocycles. The van der Waals surface area contributed by atoms with Crippen molar-refractivity contribution >= 4 is 38.5 Å². The Morgan fingerprint density at radius 1 is 1.04 bits per heavy atom. The maximum atomic E-state index is 14.4. The molecule has 5 heterocycles. The van der Waals surface area contributed by atoms with Crippen molar-refractivity contribution in [1.29, 1.82) is 0 Å². The summed E-state index contributed by atoms with van der Waals surface area (Å²) in [6, 6.07) is 1.35. The summed E-state index contributed by atoms with van der Waals surface area (Å²) in [5.74, 6) is -0.254. The van der Waals surface area contributed by atoms with E-state index in [1.807, 2.05) is 0 Å². The summed E-state index contributed by atoms with van der Waals surface area (Å²) >= 11 is 0. The summed E-state index contributed by atoms with van der Waals surface area (Å²) in [7, 11) is -6.75. The van der Waals surface area contributed by atoms with E-state index >= 15 is 0 Å². The van der Waals surface area contributed by atoms with Crippen LogP contribution in [0.2, 0.25) is 0 Å². The first-order chi connectivity index (χ1) is 24.2. The van der Waals surface area contributed by atoms with Crippen LogP contribution in [0.1, 0.15) is 18.9 Å². The lowest BCUT2D eigenvalue weighted by molar-refractivity contribution is -0.0578. The standard InChI is InChI=1S/C25H39N9O15P2/c1-42-7-8-44-6-4-29-50(38,45-10-13-9-14(35)22(47-13)33-5-3-16(26)30-25(33)37)49-18-15(11-46-51(39,40)41)48-23(19(18)43-2)34-12-28-17-20(34)31-24(27)32-21(17)36/h3,5,12-15,18-19,22-23,35H,4,6-11H2,1-2H3,(H,29,38)(H2,26,30,37)(H2,39,40,41)(H3,27,31,32,36)/t13-,14+,15+,18+,19+,22+,23+,50+/m0/s1. The summed E-state index contributed by atoms with van der Waals surface area (Å²) < 4.78 is 72.9. The van der Waals surface area contributed by atoms with Gasteiger partial charge in [0.15, 0.2) is 23.6 Å². The fourth-order valence-electron chi connectivity index (χ4n) is 5.40. The third-order valence-corrected chi connectivity index (χ3v) is 9.76. The lowest BCUT2D eigenvalue weighted by Gasteiger charge is -2.28. The van der Waals surface area contributed by atoms with Gasteiger partial charge in [-0.1, -0.05) is 0 Å². The number of rotatable bonds is 18. The quantitative estimate of drug-likeness (QED) is 0.0542. The first kappa shape index (κ1) is 39.0. The van der Waals surface area contributed by atoms with E-state index in [1.165, 1.54) is 37.4 Å². The van der Waals surface area contributed by atoms with E-state index in [4.69, 9.17) is 48.7 Å². The summed E-state index contributed by atoms with van der Waals surface area (Å²) in [6.45, 7) is -0.745. The van der Waals surface area contributed by atoms with Gasteiger partial charge in [-0.25, -0.2) is 24.0 Å². The molecule has 51 heavy (non-hydrogen) atoms. The van der Waals surface area contributed by atoms with Crippen molar-refractivity contribution in [1.82, 2.24) is 34.2 Å². The van der Waals surface area contributed by atoms with Gasteiger partial charge in [0.2, 0.25) is 5.95 Å². The number of nitrogen functional groups attached to an aromatic ring is 2. The Hall–Kier alpha value is -3.19. The molecule has 5 rings (SSSR count). The number of nitrogens with one attached hydrogen (secondary N) is 2. The third kappa shape index (κ3) is 9.63. The lowest BCUT2D eigenvalue weighted by Crippen LogP contribution is -2.39. The maximum absolute atomic E-state index is 14.4. The van der Waals surface area contributed by atoms with Gasteiger partial charge >= 0.3 is 21.3 Å². The molecular formula is C25H39N9O15P2. The van der Waals surface area contributed by atoms with Crippen molar-refractivity contribution in [2.45, 2.75) is 49.4 Å². The van der Waals surface area contributed by atoms with Crippen molar-refractivity contribution < 1.29 is 61.3 Å². The second-order valence-corrected chi connectivity index (χ2v) is 14.2. The molecular weight excluding hydrogens is 728 g/mol. The number of fused-ring (bicyclic) bond motifs is 1. The number of phosphoric ester groups is 1. The molecule has 0 radical (unpaired) electrons. The number of imidazole rings is 1. The fourth-order valence-corrected chi connectivity index (χ4v) is 7.28. The Labute approximate surface area is 288 Å². The highest BCUT2D eigenvalue weighted by Gasteiger charge is 2.51. The number of aromatic nitrogens is 6. The molecule has 8 atom stereocenters. The molecule has 3 aromatic rings. The van der Waals surface area contributed by atoms with E-state index < -0.39 is 83.0 Å². The number of methoxy groups -OCH3 is 2. The summed E-state index contributed by atoms with van der Waals surface area (Å²) in [6.07, 6.45) is -6.03. The van der Waals surface area contributed by atoms with Gasteiger partial charge in [0.05, 0.1) is 45.5 Å². The second-order valence-electron chi connectivity index (χ2n) is 11.2. The molecule has 24 nitrogen and oxygen atoms in total. The minimum absolute atomic E-state index is 0.0220. The molecule has 2 aliphatic rings. The minimum Gasteiger partial charge on any atom is -0.388 e. The number of anilines is 2. The monoisotopic (exact) mass is 767 g/mol. The van der Waals surface area contributed by atoms with Crippen molar-refractivity contribution in [3.05, 3.63) is 39.4 Å². The van der Waals surface area contributed by atoms with Crippen LogP contribution in [0.4, 0.5) is 11.8 Å². The van der Waals surface area contributed by atoms with Gasteiger partial charge in [-0.2, -0.15) is 9.97 Å². The number of hydrogen-bond acceptors (Lipinski definition) is 18. The normalized spacial score (nSPS) is 26.6. The van der Waals surface area contributed by atoms with Crippen LogP contribution in [0, 0.1) is 0 Å². The average molecular weight is 768 g/mol. The number of hydrogen-bond donors (Lipinski definition) is 7. The number of aliphatic hydroxyl groups excluding tert-OH is 1. The van der Waals surface area contributed by atoms with Crippen LogP contribution >= 0.6 is 15.6 Å². The van der Waals surface area contributed by atoms with E-state index in [1.54, 1.807) is 0 Å². The predicted molar refractivity (Wildman–Crippen MR) is 172 cm³/mol. The van der Waals surface area contributed by atoms with Gasteiger partial charge in [0, 0.05) is 33.4 Å². The molecule has 0 aromatic carbocycles. The number of aromatic amines is 1. The second kappa shape index (κ2) is 16.7. The highest BCUT2D eigenvalue weighted by Crippen LogP contribution is 2.50.